The van der Waals surface area contributed by atoms with Gasteiger partial charge in [-0.1, -0.05) is 0 Å². The molecule has 1 rings (SSSR count). The normalized spacial score (nSPS) is 17.4. The molecule has 18 heavy (non-hydrogen) atoms. The third kappa shape index (κ3) is 5.22. The van der Waals surface area contributed by atoms with E-state index in [1.54, 1.807) is 25.7 Å². The van der Waals surface area contributed by atoms with Crippen LogP contribution >= 0.6 is 0 Å². The summed E-state index contributed by atoms with van der Waals surface area (Å²) >= 11 is 0. The van der Waals surface area contributed by atoms with Crippen molar-refractivity contribution >= 4 is 12.1 Å². The Bertz CT molecular complexity index is 306. The van der Waals surface area contributed by atoms with Gasteiger partial charge in [0.05, 0.1) is 0 Å². The third-order valence-electron chi connectivity index (χ3n) is 2.58. The Labute approximate surface area is 107 Å². The molecule has 4 N–H and O–H groups in total. The predicted molar refractivity (Wildman–Crippen MR) is 66.7 cm³/mol. The first kappa shape index (κ1) is 14.6. The topological polar surface area (TPSA) is 96.7 Å². The Morgan fingerprint density at radius 2 is 1.83 bits per heavy atom. The van der Waals surface area contributed by atoms with Crippen LogP contribution in [0.1, 0.15) is 33.6 Å². The summed E-state index contributed by atoms with van der Waals surface area (Å²) in [6.07, 6.45) is 0.997. The fourth-order valence-corrected chi connectivity index (χ4v) is 1.71. The molecule has 1 fully saturated rings. The van der Waals surface area contributed by atoms with Gasteiger partial charge in [-0.25, -0.2) is 15.0 Å². The number of piperidine rings is 1. The van der Waals surface area contributed by atoms with E-state index in [4.69, 9.17) is 10.5 Å². The maximum atomic E-state index is 11.4. The van der Waals surface area contributed by atoms with Crippen LogP contribution in [0, 0.1) is 0 Å². The highest BCUT2D eigenvalue weighted by Gasteiger charge is 2.22. The lowest BCUT2D eigenvalue weighted by Crippen LogP contribution is -2.52. The number of nitrogens with two attached hydrogens (primary N) is 1. The molecule has 0 saturated carbocycles. The lowest BCUT2D eigenvalue weighted by Gasteiger charge is -2.31. The van der Waals surface area contributed by atoms with Crippen LogP contribution in [-0.2, 0) is 4.74 Å². The van der Waals surface area contributed by atoms with E-state index < -0.39 is 17.7 Å². The molecule has 1 aliphatic rings. The summed E-state index contributed by atoms with van der Waals surface area (Å²) in [6, 6.07) is -0.262. The van der Waals surface area contributed by atoms with Crippen molar-refractivity contribution in [2.24, 2.45) is 5.73 Å². The SMILES string of the molecule is CC(C)(C)OC(=O)NNC1CCN(C(N)=O)CC1. The Hall–Kier alpha value is -1.50. The number of rotatable bonds is 2. The van der Waals surface area contributed by atoms with Gasteiger partial charge in [0.2, 0.25) is 0 Å². The van der Waals surface area contributed by atoms with Crippen LogP contribution in [0.5, 0.6) is 0 Å². The lowest BCUT2D eigenvalue weighted by molar-refractivity contribution is 0.0478. The molecule has 3 amide bonds. The van der Waals surface area contributed by atoms with Crippen molar-refractivity contribution in [3.8, 4) is 0 Å². The molecule has 0 spiro atoms. The third-order valence-corrected chi connectivity index (χ3v) is 2.58. The van der Waals surface area contributed by atoms with Crippen LogP contribution in [0.2, 0.25) is 0 Å². The maximum absolute atomic E-state index is 11.4. The van der Waals surface area contributed by atoms with E-state index in [0.29, 0.717) is 13.1 Å². The van der Waals surface area contributed by atoms with Gasteiger partial charge in [-0.05, 0) is 33.6 Å². The smallest absolute Gasteiger partial charge is 0.422 e. The van der Waals surface area contributed by atoms with E-state index in [9.17, 15) is 9.59 Å². The van der Waals surface area contributed by atoms with Gasteiger partial charge >= 0.3 is 12.1 Å². The van der Waals surface area contributed by atoms with Crippen molar-refractivity contribution < 1.29 is 14.3 Å². The number of primary amides is 1. The molecule has 0 aromatic carbocycles. The molecule has 0 aromatic rings. The molecule has 0 aromatic heterocycles. The standard InChI is InChI=1S/C11H22N4O3/c1-11(2,3)18-10(17)14-13-8-4-6-15(7-5-8)9(12)16/h8,13H,4-7H2,1-3H3,(H2,12,16)(H,14,17). The van der Waals surface area contributed by atoms with Gasteiger partial charge in [0, 0.05) is 19.1 Å². The van der Waals surface area contributed by atoms with Gasteiger partial charge in [-0.3, -0.25) is 5.43 Å². The predicted octanol–water partition coefficient (Wildman–Crippen LogP) is 0.559. The first-order valence-electron chi connectivity index (χ1n) is 6.07. The maximum Gasteiger partial charge on any atom is 0.422 e. The molecule has 0 atom stereocenters. The molecule has 7 nitrogen and oxygen atoms in total. The summed E-state index contributed by atoms with van der Waals surface area (Å²) in [5.41, 5.74) is 10.1. The van der Waals surface area contributed by atoms with E-state index >= 15 is 0 Å². The minimum atomic E-state index is -0.513. The van der Waals surface area contributed by atoms with Crippen molar-refractivity contribution in [1.29, 1.82) is 0 Å². The molecule has 0 aliphatic carbocycles. The summed E-state index contributed by atoms with van der Waals surface area (Å²) in [5, 5.41) is 0. The highest BCUT2D eigenvalue weighted by Crippen LogP contribution is 2.09. The summed E-state index contributed by atoms with van der Waals surface area (Å²) in [5.74, 6) is 0. The van der Waals surface area contributed by atoms with Crippen LogP contribution in [0.3, 0.4) is 0 Å². The zero-order valence-corrected chi connectivity index (χ0v) is 11.2. The molecule has 1 aliphatic heterocycles. The number of carbonyl (C=O) groups excluding carboxylic acids is 2. The van der Waals surface area contributed by atoms with E-state index in [1.165, 1.54) is 0 Å². The molecule has 1 heterocycles. The van der Waals surface area contributed by atoms with Crippen molar-refractivity contribution in [3.63, 3.8) is 0 Å². The number of nitrogens with one attached hydrogen (secondary N) is 2. The summed E-state index contributed by atoms with van der Waals surface area (Å²) in [4.78, 5) is 23.9. The summed E-state index contributed by atoms with van der Waals surface area (Å²) in [7, 11) is 0. The number of likely N-dealkylation sites (tertiary alicyclic amines) is 1. The Morgan fingerprint density at radius 3 is 2.28 bits per heavy atom. The molecule has 104 valence electrons. The number of hydrazine groups is 1. The van der Waals surface area contributed by atoms with Gasteiger partial charge in [0.1, 0.15) is 5.60 Å². The minimum Gasteiger partial charge on any atom is -0.443 e. The largest absolute Gasteiger partial charge is 0.443 e. The van der Waals surface area contributed by atoms with Crippen LogP contribution in [0.15, 0.2) is 0 Å². The lowest BCUT2D eigenvalue weighted by atomic mass is 10.1. The first-order valence-corrected chi connectivity index (χ1v) is 6.07. The molecule has 0 unspecified atom stereocenters. The second-order valence-electron chi connectivity index (χ2n) is 5.37. The Kier molecular flexibility index (Phi) is 4.77. The fourth-order valence-electron chi connectivity index (χ4n) is 1.71. The van der Waals surface area contributed by atoms with Crippen LogP contribution < -0.4 is 16.6 Å². The van der Waals surface area contributed by atoms with Crippen LogP contribution in [0.4, 0.5) is 9.59 Å². The highest BCUT2D eigenvalue weighted by molar-refractivity contribution is 5.72. The number of hydrogen-bond acceptors (Lipinski definition) is 4. The second kappa shape index (κ2) is 5.90. The minimum absolute atomic E-state index is 0.133. The second-order valence-corrected chi connectivity index (χ2v) is 5.37. The van der Waals surface area contributed by atoms with Crippen molar-refractivity contribution in [2.75, 3.05) is 13.1 Å². The summed E-state index contributed by atoms with van der Waals surface area (Å²) < 4.78 is 5.09. The number of carbonyl (C=O) groups is 2. The van der Waals surface area contributed by atoms with E-state index in [0.717, 1.165) is 12.8 Å². The molecule has 0 bridgehead atoms. The zero-order valence-electron chi connectivity index (χ0n) is 11.2. The molecular formula is C11H22N4O3. The van der Waals surface area contributed by atoms with Crippen LogP contribution in [0.25, 0.3) is 0 Å². The van der Waals surface area contributed by atoms with Crippen molar-refractivity contribution in [2.45, 2.75) is 45.3 Å². The van der Waals surface area contributed by atoms with E-state index in [1.807, 2.05) is 0 Å². The van der Waals surface area contributed by atoms with Crippen LogP contribution in [-0.4, -0.2) is 41.8 Å². The number of hydrogen-bond donors (Lipinski definition) is 3. The van der Waals surface area contributed by atoms with Gasteiger partial charge in [-0.2, -0.15) is 0 Å². The average molecular weight is 258 g/mol. The monoisotopic (exact) mass is 258 g/mol. The average Bonchev–Trinajstić information content (AvgIpc) is 2.24. The van der Waals surface area contributed by atoms with E-state index in [2.05, 4.69) is 10.9 Å². The summed E-state index contributed by atoms with van der Waals surface area (Å²) in [6.45, 7) is 6.61. The Balaban J connectivity index is 2.22. The highest BCUT2D eigenvalue weighted by atomic mass is 16.6. The molecule has 7 heteroatoms. The molecule has 1 saturated heterocycles. The van der Waals surface area contributed by atoms with Crippen molar-refractivity contribution in [3.05, 3.63) is 0 Å². The number of ether oxygens (including phenoxy) is 1. The fraction of sp³-hybridized carbons (Fsp3) is 0.818. The van der Waals surface area contributed by atoms with Gasteiger partial charge in [0.15, 0.2) is 0 Å². The zero-order chi connectivity index (χ0) is 13.8. The first-order chi connectivity index (χ1) is 8.28. The van der Waals surface area contributed by atoms with Gasteiger partial charge in [-0.15, -0.1) is 0 Å². The quantitative estimate of drug-likeness (QED) is 0.630. The number of amides is 3. The number of nitrogens with zero attached hydrogens (tertiary/aromatic N) is 1. The van der Waals surface area contributed by atoms with Gasteiger partial charge in [0.25, 0.3) is 0 Å². The van der Waals surface area contributed by atoms with E-state index in [-0.39, 0.29) is 6.04 Å². The Morgan fingerprint density at radius 1 is 1.28 bits per heavy atom. The molecule has 0 radical (unpaired) electrons. The van der Waals surface area contributed by atoms with Crippen molar-refractivity contribution in [1.82, 2.24) is 15.8 Å². The molecular weight excluding hydrogens is 236 g/mol. The number of urea groups is 1. The van der Waals surface area contributed by atoms with Gasteiger partial charge < -0.3 is 15.4 Å².